The minimum absolute atomic E-state index is 0.0578. The third-order valence-electron chi connectivity index (χ3n) is 2.67. The van der Waals surface area contributed by atoms with E-state index in [4.69, 9.17) is 5.11 Å². The molecule has 2 heterocycles. The van der Waals surface area contributed by atoms with E-state index in [0.717, 1.165) is 4.40 Å². The maximum atomic E-state index is 12.9. The van der Waals surface area contributed by atoms with E-state index in [1.54, 1.807) is 0 Å². The lowest BCUT2D eigenvalue weighted by molar-refractivity contribution is -0.145. The van der Waals surface area contributed by atoms with Crippen LogP contribution in [0.25, 0.3) is 5.52 Å². The van der Waals surface area contributed by atoms with Gasteiger partial charge in [-0.3, -0.25) is 9.20 Å². The Balaban J connectivity index is 2.52. The number of nitrogens with one attached hydrogen (secondary N) is 1. The highest BCUT2D eigenvalue weighted by Gasteiger charge is 2.38. The predicted octanol–water partition coefficient (Wildman–Crippen LogP) is 1.46. The number of rotatable bonds is 3. The van der Waals surface area contributed by atoms with Crippen LogP contribution in [0.2, 0.25) is 0 Å². The molecule has 2 rings (SSSR count). The van der Waals surface area contributed by atoms with Gasteiger partial charge < -0.3 is 10.4 Å². The molecule has 0 bridgehead atoms. The molecule has 0 saturated carbocycles. The summed E-state index contributed by atoms with van der Waals surface area (Å²) in [5.74, 6) is -1.92. The van der Waals surface area contributed by atoms with Gasteiger partial charge in [0.1, 0.15) is 0 Å². The van der Waals surface area contributed by atoms with Gasteiger partial charge >= 0.3 is 6.18 Å². The molecular formula is C12H12F3N3O2. The first-order valence-corrected chi connectivity index (χ1v) is 5.80. The maximum absolute atomic E-state index is 12.9. The normalized spacial score (nSPS) is 13.4. The van der Waals surface area contributed by atoms with E-state index < -0.39 is 23.9 Å². The summed E-state index contributed by atoms with van der Waals surface area (Å²) >= 11 is 0. The maximum Gasteiger partial charge on any atom is 0.450 e. The Kier molecular flexibility index (Phi) is 3.67. The molecule has 0 aliphatic rings. The molecule has 0 spiro atoms. The van der Waals surface area contributed by atoms with Gasteiger partial charge in [-0.2, -0.15) is 13.2 Å². The fraction of sp³-hybridized carbons (Fsp3) is 0.333. The van der Waals surface area contributed by atoms with Crippen molar-refractivity contribution < 1.29 is 23.1 Å². The molecule has 0 aliphatic heterocycles. The number of nitrogens with zero attached hydrogens (tertiary/aromatic N) is 2. The van der Waals surface area contributed by atoms with Crippen molar-refractivity contribution >= 4 is 11.4 Å². The summed E-state index contributed by atoms with van der Waals surface area (Å²) in [5.41, 5.74) is -0.263. The van der Waals surface area contributed by atoms with Crippen molar-refractivity contribution in [3.63, 3.8) is 0 Å². The molecule has 2 aromatic rings. The van der Waals surface area contributed by atoms with Gasteiger partial charge in [-0.1, -0.05) is 6.07 Å². The lowest BCUT2D eigenvalue weighted by Crippen LogP contribution is -2.35. The van der Waals surface area contributed by atoms with E-state index >= 15 is 0 Å². The number of aliphatic hydroxyl groups excluding tert-OH is 1. The highest BCUT2D eigenvalue weighted by molar-refractivity contribution is 5.99. The SMILES string of the molecule is CC(CO)NC(=O)c1nc(C(F)(F)F)n2ccccc12. The van der Waals surface area contributed by atoms with E-state index in [1.165, 1.54) is 31.3 Å². The highest BCUT2D eigenvalue weighted by Crippen LogP contribution is 2.30. The van der Waals surface area contributed by atoms with Crippen LogP contribution >= 0.6 is 0 Å². The summed E-state index contributed by atoms with van der Waals surface area (Å²) < 4.78 is 39.4. The van der Waals surface area contributed by atoms with Crippen molar-refractivity contribution in [3.8, 4) is 0 Å². The van der Waals surface area contributed by atoms with E-state index in [-0.39, 0.29) is 17.8 Å². The molecule has 1 amide bonds. The Hall–Kier alpha value is -2.09. The van der Waals surface area contributed by atoms with Crippen molar-refractivity contribution in [2.75, 3.05) is 6.61 Å². The van der Waals surface area contributed by atoms with Crippen molar-refractivity contribution in [2.45, 2.75) is 19.1 Å². The number of fused-ring (bicyclic) bond motifs is 1. The number of aromatic nitrogens is 2. The van der Waals surface area contributed by atoms with Gasteiger partial charge in [0.25, 0.3) is 5.91 Å². The van der Waals surface area contributed by atoms with Gasteiger partial charge in [-0.25, -0.2) is 4.98 Å². The summed E-state index contributed by atoms with van der Waals surface area (Å²) in [6, 6.07) is 3.74. The summed E-state index contributed by atoms with van der Waals surface area (Å²) in [6.45, 7) is 1.21. The van der Waals surface area contributed by atoms with Crippen molar-refractivity contribution in [2.24, 2.45) is 0 Å². The van der Waals surface area contributed by atoms with Crippen LogP contribution in [0.1, 0.15) is 23.2 Å². The molecule has 2 aromatic heterocycles. The first-order chi connectivity index (χ1) is 9.34. The van der Waals surface area contributed by atoms with Crippen LogP contribution in [0.15, 0.2) is 24.4 Å². The molecule has 0 aliphatic carbocycles. The molecule has 0 radical (unpaired) electrons. The molecule has 0 saturated heterocycles. The van der Waals surface area contributed by atoms with E-state index in [0.29, 0.717) is 0 Å². The Morgan fingerprint density at radius 1 is 1.50 bits per heavy atom. The summed E-state index contributed by atoms with van der Waals surface area (Å²) in [5, 5.41) is 11.2. The van der Waals surface area contributed by atoms with Crippen LogP contribution in [0.4, 0.5) is 13.2 Å². The predicted molar refractivity (Wildman–Crippen MR) is 64.2 cm³/mol. The molecule has 1 unspecified atom stereocenters. The summed E-state index contributed by atoms with van der Waals surface area (Å²) in [6.07, 6.45) is -3.47. The van der Waals surface area contributed by atoms with E-state index in [1.807, 2.05) is 0 Å². The van der Waals surface area contributed by atoms with E-state index in [2.05, 4.69) is 10.3 Å². The second-order valence-electron chi connectivity index (χ2n) is 4.29. The number of hydrogen-bond acceptors (Lipinski definition) is 3. The number of alkyl halides is 3. The smallest absolute Gasteiger partial charge is 0.394 e. The van der Waals surface area contributed by atoms with Crippen LogP contribution in [-0.4, -0.2) is 33.0 Å². The van der Waals surface area contributed by atoms with Crippen LogP contribution in [0, 0.1) is 0 Å². The third kappa shape index (κ3) is 2.60. The first-order valence-electron chi connectivity index (χ1n) is 5.80. The number of imidazole rings is 1. The van der Waals surface area contributed by atoms with Crippen molar-refractivity contribution in [1.82, 2.24) is 14.7 Å². The Labute approximate surface area is 112 Å². The van der Waals surface area contributed by atoms with Gasteiger partial charge in [0.2, 0.25) is 5.82 Å². The number of pyridine rings is 1. The fourth-order valence-electron chi connectivity index (χ4n) is 1.74. The van der Waals surface area contributed by atoms with Gasteiger partial charge in [-0.05, 0) is 19.1 Å². The third-order valence-corrected chi connectivity index (χ3v) is 2.67. The van der Waals surface area contributed by atoms with Crippen LogP contribution in [-0.2, 0) is 6.18 Å². The zero-order chi connectivity index (χ0) is 14.9. The molecule has 8 heteroatoms. The van der Waals surface area contributed by atoms with Crippen LogP contribution in [0.5, 0.6) is 0 Å². The largest absolute Gasteiger partial charge is 0.450 e. The first kappa shape index (κ1) is 14.3. The standard InChI is InChI=1S/C12H12F3N3O2/c1-7(6-19)16-10(20)9-8-4-2-3-5-18(8)11(17-9)12(13,14)15/h2-5,7,19H,6H2,1H3,(H,16,20). The van der Waals surface area contributed by atoms with Crippen molar-refractivity contribution in [1.29, 1.82) is 0 Å². The minimum atomic E-state index is -4.66. The minimum Gasteiger partial charge on any atom is -0.394 e. The molecule has 108 valence electrons. The second kappa shape index (κ2) is 5.12. The Morgan fingerprint density at radius 2 is 2.20 bits per heavy atom. The molecular weight excluding hydrogens is 275 g/mol. The zero-order valence-electron chi connectivity index (χ0n) is 10.5. The number of aliphatic hydroxyl groups is 1. The zero-order valence-corrected chi connectivity index (χ0v) is 10.5. The average molecular weight is 287 g/mol. The molecule has 2 N–H and O–H groups in total. The highest BCUT2D eigenvalue weighted by atomic mass is 19.4. The number of hydrogen-bond donors (Lipinski definition) is 2. The van der Waals surface area contributed by atoms with Crippen molar-refractivity contribution in [3.05, 3.63) is 35.9 Å². The van der Waals surface area contributed by atoms with Crippen LogP contribution in [0.3, 0.4) is 0 Å². The fourth-order valence-corrected chi connectivity index (χ4v) is 1.74. The summed E-state index contributed by atoms with van der Waals surface area (Å²) in [4.78, 5) is 15.3. The molecule has 5 nitrogen and oxygen atoms in total. The van der Waals surface area contributed by atoms with Gasteiger partial charge in [0.15, 0.2) is 5.69 Å². The second-order valence-corrected chi connectivity index (χ2v) is 4.29. The van der Waals surface area contributed by atoms with E-state index in [9.17, 15) is 18.0 Å². The number of amides is 1. The average Bonchev–Trinajstić information content (AvgIpc) is 2.78. The van der Waals surface area contributed by atoms with Gasteiger partial charge in [-0.15, -0.1) is 0 Å². The summed E-state index contributed by atoms with van der Waals surface area (Å²) in [7, 11) is 0. The molecule has 20 heavy (non-hydrogen) atoms. The molecule has 0 fully saturated rings. The Morgan fingerprint density at radius 3 is 2.80 bits per heavy atom. The van der Waals surface area contributed by atoms with Gasteiger partial charge in [0, 0.05) is 12.2 Å². The van der Waals surface area contributed by atoms with Crippen LogP contribution < -0.4 is 5.32 Å². The monoisotopic (exact) mass is 287 g/mol. The lowest BCUT2D eigenvalue weighted by atomic mass is 10.3. The number of carbonyl (C=O) groups excluding carboxylic acids is 1. The topological polar surface area (TPSA) is 66.6 Å². The van der Waals surface area contributed by atoms with Gasteiger partial charge in [0.05, 0.1) is 12.1 Å². The quantitative estimate of drug-likeness (QED) is 0.898. The molecule has 1 atom stereocenters. The lowest BCUT2D eigenvalue weighted by Gasteiger charge is -2.09. The number of carbonyl (C=O) groups is 1. The number of halogens is 3. The molecule has 0 aromatic carbocycles. The Bertz CT molecular complexity index is 636.